The van der Waals surface area contributed by atoms with Gasteiger partial charge in [-0.1, -0.05) is 36.4 Å². The number of nitrogens with zero attached hydrogens (tertiary/aromatic N) is 3. The molecule has 12 atom stereocenters. The molecule has 2 aromatic carbocycles. The van der Waals surface area contributed by atoms with Gasteiger partial charge in [-0.05, 0) is 91.8 Å². The first-order chi connectivity index (χ1) is 34.0. The van der Waals surface area contributed by atoms with Crippen LogP contribution >= 0.6 is 15.5 Å². The summed E-state index contributed by atoms with van der Waals surface area (Å²) in [6.45, 7) is 9.17. The fourth-order valence-electron chi connectivity index (χ4n) is 7.09. The van der Waals surface area contributed by atoms with Crippen molar-refractivity contribution in [2.24, 2.45) is 0 Å². The molecule has 0 radical (unpaired) electrons. The Morgan fingerprint density at radius 3 is 1.79 bits per heavy atom. The lowest BCUT2D eigenvalue weighted by Gasteiger charge is -2.32. The van der Waals surface area contributed by atoms with Crippen molar-refractivity contribution in [2.75, 3.05) is 18.9 Å². The van der Waals surface area contributed by atoms with Gasteiger partial charge in [0.1, 0.15) is 48.2 Å². The molecule has 73 heavy (non-hydrogen) atoms. The van der Waals surface area contributed by atoms with Crippen molar-refractivity contribution in [2.45, 2.75) is 134 Å². The molecule has 23 nitrogen and oxygen atoms in total. The van der Waals surface area contributed by atoms with Crippen LogP contribution in [0.2, 0.25) is 0 Å². The van der Waals surface area contributed by atoms with Crippen LogP contribution in [0.15, 0.2) is 90.0 Å². The number of alkyl halides is 3. The Morgan fingerprint density at radius 1 is 0.808 bits per heavy atom. The van der Waals surface area contributed by atoms with E-state index in [9.17, 15) is 43.3 Å². The molecule has 6 N–H and O–H groups in total. The number of hydrogen-bond acceptors (Lipinski definition) is 19. The van der Waals surface area contributed by atoms with Crippen molar-refractivity contribution in [1.29, 1.82) is 0 Å². The summed E-state index contributed by atoms with van der Waals surface area (Å²) in [5, 5.41) is 25.9. The van der Waals surface area contributed by atoms with Gasteiger partial charge in [0, 0.05) is 12.4 Å². The van der Waals surface area contributed by atoms with E-state index in [1.165, 1.54) is 38.1 Å². The lowest BCUT2D eigenvalue weighted by atomic mass is 9.97. The smallest absolute Gasteiger partial charge is 0.459 e. The number of ether oxygens (including phenoxy) is 4. The minimum atomic E-state index is -4.57. The number of hydrogen-bond donors (Lipinski definition) is 5. The van der Waals surface area contributed by atoms with Crippen LogP contribution in [0.5, 0.6) is 11.5 Å². The minimum absolute atomic E-state index is 0.0382. The molecular weight excluding hydrogens is 1020 g/mol. The molecule has 3 aliphatic heterocycles. The number of allylic oxidation sites excluding steroid dienone is 1. The maximum absolute atomic E-state index is 15.8. The number of aliphatic hydroxyl groups is 2. The monoisotopic (exact) mass is 1070 g/mol. The second kappa shape index (κ2) is 23.8. The third kappa shape index (κ3) is 14.8. The van der Waals surface area contributed by atoms with Crippen molar-refractivity contribution < 1.29 is 88.7 Å². The maximum atomic E-state index is 15.8. The van der Waals surface area contributed by atoms with Gasteiger partial charge in [0.05, 0.1) is 25.2 Å². The average molecular weight is 1070 g/mol. The second-order valence-corrected chi connectivity index (χ2v) is 21.2. The number of nitrogens with two attached hydrogens (primary N) is 1. The Labute approximate surface area is 417 Å². The van der Waals surface area contributed by atoms with Crippen LogP contribution in [-0.2, 0) is 56.3 Å². The molecule has 0 spiro atoms. The van der Waals surface area contributed by atoms with Gasteiger partial charge in [0.15, 0.2) is 35.7 Å². The fraction of sp³-hybridized carbons (Fsp3) is 0.511. The van der Waals surface area contributed by atoms with Crippen LogP contribution in [0.4, 0.5) is 19.0 Å². The molecule has 0 bridgehead atoms. The molecule has 6 rings (SSSR count). The molecule has 402 valence electrons. The largest absolute Gasteiger partial charge is 0.462 e. The van der Waals surface area contributed by atoms with E-state index in [0.29, 0.717) is 4.57 Å². The van der Waals surface area contributed by atoms with Gasteiger partial charge in [-0.2, -0.15) is 15.2 Å². The van der Waals surface area contributed by atoms with Crippen LogP contribution < -0.4 is 30.6 Å². The zero-order valence-electron chi connectivity index (χ0n) is 40.9. The molecule has 1 amide bonds. The molecule has 1 aromatic heterocycles. The number of esters is 2. The van der Waals surface area contributed by atoms with Gasteiger partial charge in [-0.25, -0.2) is 27.1 Å². The van der Waals surface area contributed by atoms with E-state index >= 15 is 13.2 Å². The summed E-state index contributed by atoms with van der Waals surface area (Å²) in [6, 6.07) is 14.5. The third-order valence-corrected chi connectivity index (χ3v) is 14.0. The molecular formula is C45H59F3N6O17P2. The SMILES string of the molecule is CC(C)OC(=O)[C@H](C)N[P@](=O)(OCC1O[C@@H](N2C=CC(=O)CC2=O)[C@](C)(F)[C@@H]1O)Oc1ccccc1.CC(C)OC(=O)[C@H](C)N[P@](=O)(OC[C@@]1(F)O[C@@H](n2ccc(N)nc2=O)[C@](C)(F)[C@@H]1O)Oc1ccccc1. The molecule has 4 heterocycles. The second-order valence-electron chi connectivity index (χ2n) is 17.8. The van der Waals surface area contributed by atoms with Crippen LogP contribution in [0.3, 0.4) is 0 Å². The summed E-state index contributed by atoms with van der Waals surface area (Å²) >= 11 is 0. The number of carbonyl (C=O) groups excluding carboxylic acids is 4. The van der Waals surface area contributed by atoms with Crippen molar-refractivity contribution in [1.82, 2.24) is 24.6 Å². The Morgan fingerprint density at radius 2 is 1.32 bits per heavy atom. The van der Waals surface area contributed by atoms with Gasteiger partial charge in [0.2, 0.25) is 5.91 Å². The van der Waals surface area contributed by atoms with Crippen LogP contribution in [0, 0.1) is 0 Å². The summed E-state index contributed by atoms with van der Waals surface area (Å²) in [4.78, 5) is 64.7. The Kier molecular flexibility index (Phi) is 19.0. The summed E-state index contributed by atoms with van der Waals surface area (Å²) in [7, 11) is -8.86. The van der Waals surface area contributed by atoms with E-state index < -0.39 is 137 Å². The highest BCUT2D eigenvalue weighted by atomic mass is 31.2. The number of carbonyl (C=O) groups is 4. The molecule has 0 aliphatic carbocycles. The number of para-hydroxylation sites is 2. The lowest BCUT2D eigenvalue weighted by Crippen LogP contribution is -2.51. The Bertz CT molecular complexity index is 2620. The summed E-state index contributed by atoms with van der Waals surface area (Å²) < 4.78 is 117. The van der Waals surface area contributed by atoms with Crippen molar-refractivity contribution >= 4 is 44.9 Å². The topological polar surface area (TPSA) is 305 Å². The van der Waals surface area contributed by atoms with E-state index in [4.69, 9.17) is 42.8 Å². The summed E-state index contributed by atoms with van der Waals surface area (Å²) in [5.74, 6) is -5.89. The van der Waals surface area contributed by atoms with E-state index in [2.05, 4.69) is 15.2 Å². The van der Waals surface area contributed by atoms with E-state index in [1.54, 1.807) is 64.1 Å². The summed E-state index contributed by atoms with van der Waals surface area (Å²) in [6.07, 6.45) is -7.29. The lowest BCUT2D eigenvalue weighted by molar-refractivity contribution is -0.204. The van der Waals surface area contributed by atoms with Gasteiger partial charge < -0.3 is 43.9 Å². The normalized spacial score (nSPS) is 28.4. The molecule has 1 unspecified atom stereocenters. The van der Waals surface area contributed by atoms with Crippen molar-refractivity contribution in [3.63, 3.8) is 0 Å². The average Bonchev–Trinajstić information content (AvgIpc) is 3.63. The van der Waals surface area contributed by atoms with Crippen LogP contribution in [-0.4, -0.2) is 128 Å². The van der Waals surface area contributed by atoms with Gasteiger partial charge >= 0.3 is 33.1 Å². The standard InChI is InChI=1S/C23H30FN2O9P.C22H29F2N4O8P/c1-14(2)33-21(30)15(3)25-36(31,35-17-8-6-5-7-9-17)32-13-18-20(29)23(4,24)22(34-18)26-11-10-16(27)12-19(26)28;1-13(2)34-17(29)14(3)27-37(32,36-15-8-6-5-7-9-15)33-12-22(24)18(30)21(4,23)19(35-22)28-11-10-16(25)26-20(28)31/h5-11,14-15,18,20,22,29H,12-13H2,1-4H3,(H,25,31);5-11,13-14,18-19,30H,12H2,1-4H3,(H,27,32)(H2,25,26,31)/t15-,18?,20+,22+,23+,36-;14-,18-,19+,21+,22+,37-/m00/s1. The van der Waals surface area contributed by atoms with Crippen LogP contribution in [0.25, 0.3) is 0 Å². The number of benzene rings is 2. The maximum Gasteiger partial charge on any atom is 0.459 e. The highest BCUT2D eigenvalue weighted by molar-refractivity contribution is 7.52. The Balaban J connectivity index is 0.000000271. The number of rotatable bonds is 20. The van der Waals surface area contributed by atoms with Crippen LogP contribution in [0.1, 0.15) is 68.0 Å². The number of aliphatic hydroxyl groups excluding tert-OH is 2. The van der Waals surface area contributed by atoms with E-state index in [-0.39, 0.29) is 17.3 Å². The van der Waals surface area contributed by atoms with E-state index in [0.717, 1.165) is 43.3 Å². The zero-order valence-corrected chi connectivity index (χ0v) is 42.7. The molecule has 28 heteroatoms. The number of nitrogen functional groups attached to an aromatic ring is 1. The first kappa shape index (κ1) is 58.4. The van der Waals surface area contributed by atoms with Gasteiger partial charge in [-0.15, -0.1) is 0 Å². The van der Waals surface area contributed by atoms with Gasteiger partial charge in [0.25, 0.3) is 5.85 Å². The van der Waals surface area contributed by atoms with E-state index in [1.807, 2.05) is 0 Å². The predicted octanol–water partition coefficient (Wildman–Crippen LogP) is 4.49. The predicted molar refractivity (Wildman–Crippen MR) is 251 cm³/mol. The first-order valence-corrected chi connectivity index (χ1v) is 25.7. The third-order valence-electron chi connectivity index (χ3n) is 10.7. The van der Waals surface area contributed by atoms with Crippen molar-refractivity contribution in [3.05, 3.63) is 95.7 Å². The van der Waals surface area contributed by atoms with Gasteiger partial charge in [-0.3, -0.25) is 37.7 Å². The molecule has 2 saturated heterocycles. The number of nitrogens with one attached hydrogen (secondary N) is 2. The zero-order chi connectivity index (χ0) is 54.3. The molecule has 0 saturated carbocycles. The first-order valence-electron chi connectivity index (χ1n) is 22.6. The number of anilines is 1. The number of aromatic nitrogens is 2. The molecule has 3 aliphatic rings. The highest BCUT2D eigenvalue weighted by Gasteiger charge is 2.65. The molecule has 2 fully saturated rings. The Hall–Kier alpha value is -5.53. The minimum Gasteiger partial charge on any atom is -0.462 e. The summed E-state index contributed by atoms with van der Waals surface area (Å²) in [5.41, 5.74) is -0.918. The number of halogens is 3. The molecule has 3 aromatic rings. The quantitative estimate of drug-likeness (QED) is 0.0591. The highest BCUT2D eigenvalue weighted by Crippen LogP contribution is 2.52. The fourth-order valence-corrected chi connectivity index (χ4v) is 10.1. The number of ketones is 1. The van der Waals surface area contributed by atoms with Crippen molar-refractivity contribution in [3.8, 4) is 11.5 Å². The number of amides is 1.